The fraction of sp³-hybridized carbons (Fsp3) is 0.211. The molecule has 0 atom stereocenters. The van der Waals surface area contributed by atoms with Crippen LogP contribution in [-0.2, 0) is 6.42 Å². The molecule has 0 saturated heterocycles. The van der Waals surface area contributed by atoms with Gasteiger partial charge >= 0.3 is 0 Å². The molecule has 0 unspecified atom stereocenters. The Hall–Kier alpha value is -3.35. The lowest BCUT2D eigenvalue weighted by Crippen LogP contribution is -2.09. The molecule has 3 aromatic rings. The second-order valence-corrected chi connectivity index (χ2v) is 5.52. The zero-order chi connectivity index (χ0) is 18.2. The molecule has 0 aliphatic rings. The number of nitrogens with zero attached hydrogens (tertiary/aromatic N) is 3. The van der Waals surface area contributed by atoms with Crippen molar-refractivity contribution in [3.63, 3.8) is 0 Å². The minimum absolute atomic E-state index is 0.387. The minimum atomic E-state index is 0.387. The van der Waals surface area contributed by atoms with E-state index in [1.807, 2.05) is 30.3 Å². The lowest BCUT2D eigenvalue weighted by Gasteiger charge is -2.12. The van der Waals surface area contributed by atoms with Crippen LogP contribution in [0.15, 0.2) is 54.7 Å². The van der Waals surface area contributed by atoms with Gasteiger partial charge in [0.15, 0.2) is 5.82 Å². The molecule has 0 radical (unpaired) electrons. The SMILES string of the molecule is COc1ccc(Nc2nncc(NCCc3ccccc3)n2)c(OC)c1. The van der Waals surface area contributed by atoms with E-state index in [4.69, 9.17) is 9.47 Å². The fourth-order valence-electron chi connectivity index (χ4n) is 2.44. The second kappa shape index (κ2) is 8.66. The lowest BCUT2D eigenvalue weighted by molar-refractivity contribution is 0.395. The molecule has 7 heteroatoms. The van der Waals surface area contributed by atoms with Crippen molar-refractivity contribution < 1.29 is 9.47 Å². The normalized spacial score (nSPS) is 10.2. The molecule has 0 aliphatic carbocycles. The molecule has 134 valence electrons. The summed E-state index contributed by atoms with van der Waals surface area (Å²) in [5.41, 5.74) is 2.00. The van der Waals surface area contributed by atoms with Crippen molar-refractivity contribution in [2.45, 2.75) is 6.42 Å². The van der Waals surface area contributed by atoms with Gasteiger partial charge in [0.1, 0.15) is 11.5 Å². The molecule has 0 amide bonds. The van der Waals surface area contributed by atoms with Gasteiger partial charge in [-0.15, -0.1) is 5.10 Å². The van der Waals surface area contributed by atoms with Crippen molar-refractivity contribution in [1.82, 2.24) is 15.2 Å². The van der Waals surface area contributed by atoms with Crippen molar-refractivity contribution in [2.75, 3.05) is 31.4 Å². The highest BCUT2D eigenvalue weighted by Gasteiger charge is 2.08. The second-order valence-electron chi connectivity index (χ2n) is 5.52. The zero-order valence-electron chi connectivity index (χ0n) is 14.8. The van der Waals surface area contributed by atoms with E-state index in [-0.39, 0.29) is 0 Å². The van der Waals surface area contributed by atoms with Crippen LogP contribution in [0.5, 0.6) is 11.5 Å². The summed E-state index contributed by atoms with van der Waals surface area (Å²) in [5.74, 6) is 2.39. The van der Waals surface area contributed by atoms with Crippen LogP contribution in [0.3, 0.4) is 0 Å². The maximum absolute atomic E-state index is 5.37. The van der Waals surface area contributed by atoms with Crippen LogP contribution in [0, 0.1) is 0 Å². The van der Waals surface area contributed by atoms with Crippen LogP contribution in [0.2, 0.25) is 0 Å². The first-order chi connectivity index (χ1) is 12.8. The van der Waals surface area contributed by atoms with E-state index in [0.717, 1.165) is 18.7 Å². The van der Waals surface area contributed by atoms with E-state index < -0.39 is 0 Å². The van der Waals surface area contributed by atoms with Crippen LogP contribution >= 0.6 is 0 Å². The number of benzene rings is 2. The number of anilines is 3. The molecule has 7 nitrogen and oxygen atoms in total. The Balaban J connectivity index is 1.64. The van der Waals surface area contributed by atoms with Crippen molar-refractivity contribution in [3.8, 4) is 11.5 Å². The van der Waals surface area contributed by atoms with E-state index in [2.05, 4.69) is 37.9 Å². The molecule has 0 spiro atoms. The predicted molar refractivity (Wildman–Crippen MR) is 101 cm³/mol. The van der Waals surface area contributed by atoms with Crippen molar-refractivity contribution in [3.05, 3.63) is 60.3 Å². The molecule has 26 heavy (non-hydrogen) atoms. The number of hydrogen-bond donors (Lipinski definition) is 2. The Morgan fingerprint density at radius 3 is 2.62 bits per heavy atom. The van der Waals surface area contributed by atoms with Crippen LogP contribution < -0.4 is 20.1 Å². The summed E-state index contributed by atoms with van der Waals surface area (Å²) >= 11 is 0. The average Bonchev–Trinajstić information content (AvgIpc) is 2.69. The summed E-state index contributed by atoms with van der Waals surface area (Å²) in [6.45, 7) is 0.758. The molecule has 0 aliphatic heterocycles. The highest BCUT2D eigenvalue weighted by atomic mass is 16.5. The van der Waals surface area contributed by atoms with Gasteiger partial charge < -0.3 is 20.1 Å². The first kappa shape index (κ1) is 17.5. The standard InChI is InChI=1S/C19H21N5O2/c1-25-15-8-9-16(17(12-15)26-2)22-19-23-18(13-21-24-19)20-11-10-14-6-4-3-5-7-14/h3-9,12-13H,10-11H2,1-2H3,(H2,20,22,23,24). The summed E-state index contributed by atoms with van der Waals surface area (Å²) in [6.07, 6.45) is 2.50. The molecule has 0 bridgehead atoms. The van der Waals surface area contributed by atoms with Gasteiger partial charge in [-0.3, -0.25) is 0 Å². The Bertz CT molecular complexity index is 842. The number of rotatable bonds is 8. The summed E-state index contributed by atoms with van der Waals surface area (Å²) in [5, 5.41) is 14.4. The number of aromatic nitrogens is 3. The van der Waals surface area contributed by atoms with Gasteiger partial charge in [-0.25, -0.2) is 0 Å². The van der Waals surface area contributed by atoms with Gasteiger partial charge in [0.25, 0.3) is 0 Å². The maximum atomic E-state index is 5.37. The quantitative estimate of drug-likeness (QED) is 0.644. The van der Waals surface area contributed by atoms with Gasteiger partial charge in [-0.1, -0.05) is 30.3 Å². The molecular weight excluding hydrogens is 330 g/mol. The summed E-state index contributed by atoms with van der Waals surface area (Å²) in [4.78, 5) is 4.43. The van der Waals surface area contributed by atoms with Gasteiger partial charge in [0.2, 0.25) is 5.95 Å². The highest BCUT2D eigenvalue weighted by Crippen LogP contribution is 2.30. The Labute approximate surface area is 152 Å². The van der Waals surface area contributed by atoms with Crippen molar-refractivity contribution in [2.24, 2.45) is 0 Å². The van der Waals surface area contributed by atoms with E-state index in [1.54, 1.807) is 26.5 Å². The average molecular weight is 351 g/mol. The zero-order valence-corrected chi connectivity index (χ0v) is 14.8. The molecule has 1 aromatic heterocycles. The van der Waals surface area contributed by atoms with E-state index in [0.29, 0.717) is 23.3 Å². The lowest BCUT2D eigenvalue weighted by atomic mass is 10.1. The Morgan fingerprint density at radius 1 is 1.00 bits per heavy atom. The largest absolute Gasteiger partial charge is 0.497 e. The molecule has 2 aromatic carbocycles. The number of hydrogen-bond acceptors (Lipinski definition) is 7. The van der Waals surface area contributed by atoms with Gasteiger partial charge in [-0.2, -0.15) is 10.1 Å². The van der Waals surface area contributed by atoms with Crippen LogP contribution in [0.25, 0.3) is 0 Å². The summed E-state index contributed by atoms with van der Waals surface area (Å²) in [6, 6.07) is 15.7. The van der Waals surface area contributed by atoms with Gasteiger partial charge in [0, 0.05) is 12.6 Å². The monoisotopic (exact) mass is 351 g/mol. The fourth-order valence-corrected chi connectivity index (χ4v) is 2.44. The molecule has 3 rings (SSSR count). The van der Waals surface area contributed by atoms with Gasteiger partial charge in [-0.05, 0) is 24.1 Å². The van der Waals surface area contributed by atoms with Gasteiger partial charge in [0.05, 0.1) is 26.1 Å². The Kier molecular flexibility index (Phi) is 5.82. The van der Waals surface area contributed by atoms with Crippen LogP contribution in [0.4, 0.5) is 17.5 Å². The molecule has 0 fully saturated rings. The van der Waals surface area contributed by atoms with Crippen molar-refractivity contribution >= 4 is 17.5 Å². The third kappa shape index (κ3) is 4.60. The molecule has 2 N–H and O–H groups in total. The van der Waals surface area contributed by atoms with E-state index >= 15 is 0 Å². The van der Waals surface area contributed by atoms with Crippen molar-refractivity contribution in [1.29, 1.82) is 0 Å². The first-order valence-electron chi connectivity index (χ1n) is 8.25. The number of ether oxygens (including phenoxy) is 2. The summed E-state index contributed by atoms with van der Waals surface area (Å²) < 4.78 is 10.6. The first-order valence-corrected chi connectivity index (χ1v) is 8.25. The van der Waals surface area contributed by atoms with Crippen LogP contribution in [-0.4, -0.2) is 35.9 Å². The minimum Gasteiger partial charge on any atom is -0.497 e. The Morgan fingerprint density at radius 2 is 1.85 bits per heavy atom. The predicted octanol–water partition coefficient (Wildman–Crippen LogP) is 3.29. The molecule has 1 heterocycles. The van der Waals surface area contributed by atoms with E-state index in [9.17, 15) is 0 Å². The maximum Gasteiger partial charge on any atom is 0.249 e. The third-order valence-corrected chi connectivity index (χ3v) is 3.78. The number of methoxy groups -OCH3 is 2. The third-order valence-electron chi connectivity index (χ3n) is 3.78. The van der Waals surface area contributed by atoms with E-state index in [1.165, 1.54) is 5.56 Å². The number of nitrogens with one attached hydrogen (secondary N) is 2. The summed E-state index contributed by atoms with van der Waals surface area (Å²) in [7, 11) is 3.21. The topological polar surface area (TPSA) is 81.2 Å². The molecule has 0 saturated carbocycles. The molecular formula is C19H21N5O2. The highest BCUT2D eigenvalue weighted by molar-refractivity contribution is 5.64. The smallest absolute Gasteiger partial charge is 0.249 e. The van der Waals surface area contributed by atoms with Crippen LogP contribution in [0.1, 0.15) is 5.56 Å².